The minimum atomic E-state index is -0.558. The van der Waals surface area contributed by atoms with E-state index in [1.165, 1.54) is 37.1 Å². The Morgan fingerprint density at radius 2 is 1.96 bits per heavy atom. The van der Waals surface area contributed by atoms with Gasteiger partial charge in [0.1, 0.15) is 11.1 Å². The Labute approximate surface area is 148 Å². The van der Waals surface area contributed by atoms with Crippen molar-refractivity contribution in [3.63, 3.8) is 0 Å². The van der Waals surface area contributed by atoms with Crippen molar-refractivity contribution in [2.75, 3.05) is 12.4 Å². The lowest BCUT2D eigenvalue weighted by Crippen LogP contribution is -2.17. The third-order valence-corrected chi connectivity index (χ3v) is 4.59. The zero-order valence-electron chi connectivity index (χ0n) is 13.0. The van der Waals surface area contributed by atoms with E-state index < -0.39 is 11.1 Å². The Morgan fingerprint density at radius 1 is 1.25 bits per heavy atom. The van der Waals surface area contributed by atoms with Gasteiger partial charge in [0.05, 0.1) is 17.7 Å². The maximum absolute atomic E-state index is 13.2. The first-order valence-corrected chi connectivity index (χ1v) is 8.28. The van der Waals surface area contributed by atoms with Gasteiger partial charge >= 0.3 is 5.97 Å². The van der Waals surface area contributed by atoms with Crippen molar-refractivity contribution >= 4 is 40.9 Å². The predicted octanol–water partition coefficient (Wildman–Crippen LogP) is 4.39. The Bertz CT molecular complexity index is 769. The van der Waals surface area contributed by atoms with Crippen LogP contribution in [-0.2, 0) is 9.53 Å². The largest absolute Gasteiger partial charge is 0.468 e. The smallest absolute Gasteiger partial charge is 0.318 e. The normalized spacial score (nSPS) is 11.7. The van der Waals surface area contributed by atoms with E-state index in [2.05, 4.69) is 5.32 Å². The number of esters is 1. The molecule has 0 heterocycles. The molecule has 1 atom stereocenters. The molecule has 0 aliphatic carbocycles. The number of carbonyl (C=O) groups excluding carboxylic acids is 2. The van der Waals surface area contributed by atoms with Crippen LogP contribution in [0.25, 0.3) is 0 Å². The van der Waals surface area contributed by atoms with E-state index in [1.54, 1.807) is 31.2 Å². The van der Waals surface area contributed by atoms with Crippen molar-refractivity contribution in [1.82, 2.24) is 0 Å². The number of benzene rings is 2. The topological polar surface area (TPSA) is 55.4 Å². The number of thioether (sulfide) groups is 1. The van der Waals surface area contributed by atoms with Crippen LogP contribution in [0.3, 0.4) is 0 Å². The van der Waals surface area contributed by atoms with Gasteiger partial charge in [0.25, 0.3) is 5.91 Å². The van der Waals surface area contributed by atoms with Crippen LogP contribution in [0.5, 0.6) is 0 Å². The number of anilines is 1. The van der Waals surface area contributed by atoms with Gasteiger partial charge in [-0.2, -0.15) is 0 Å². The fourth-order valence-corrected chi connectivity index (χ4v) is 3.13. The van der Waals surface area contributed by atoms with E-state index in [0.717, 1.165) is 0 Å². The molecule has 0 saturated heterocycles. The predicted molar refractivity (Wildman–Crippen MR) is 93.1 cm³/mol. The molecule has 2 rings (SSSR count). The summed E-state index contributed by atoms with van der Waals surface area (Å²) in [7, 11) is 1.32. The maximum atomic E-state index is 13.2. The summed E-state index contributed by atoms with van der Waals surface area (Å²) in [4.78, 5) is 24.7. The van der Waals surface area contributed by atoms with Crippen LogP contribution >= 0.6 is 23.4 Å². The molecule has 0 radical (unpaired) electrons. The molecule has 0 fully saturated rings. The van der Waals surface area contributed by atoms with Crippen molar-refractivity contribution in [2.45, 2.75) is 17.1 Å². The molecule has 1 N–H and O–H groups in total. The number of carbonyl (C=O) groups is 2. The van der Waals surface area contributed by atoms with Gasteiger partial charge in [-0.3, -0.25) is 9.59 Å². The van der Waals surface area contributed by atoms with Gasteiger partial charge < -0.3 is 10.1 Å². The molecule has 2 aromatic rings. The zero-order chi connectivity index (χ0) is 17.7. The van der Waals surface area contributed by atoms with Crippen LogP contribution in [0, 0.1) is 5.82 Å². The second kappa shape index (κ2) is 8.17. The summed E-state index contributed by atoms with van der Waals surface area (Å²) < 4.78 is 17.9. The minimum Gasteiger partial charge on any atom is -0.468 e. The van der Waals surface area contributed by atoms with Crippen molar-refractivity contribution in [3.05, 3.63) is 58.9 Å². The van der Waals surface area contributed by atoms with E-state index in [9.17, 15) is 14.0 Å². The van der Waals surface area contributed by atoms with E-state index in [-0.39, 0.29) is 16.9 Å². The highest BCUT2D eigenvalue weighted by Crippen LogP contribution is 2.28. The first-order valence-electron chi connectivity index (χ1n) is 7.02. The molecule has 0 aliphatic rings. The molecule has 0 spiro atoms. The molecule has 24 heavy (non-hydrogen) atoms. The molecule has 7 heteroatoms. The number of halogens is 2. The monoisotopic (exact) mass is 367 g/mol. The number of ether oxygens (including phenoxy) is 1. The van der Waals surface area contributed by atoms with Crippen molar-refractivity contribution in [3.8, 4) is 0 Å². The summed E-state index contributed by atoms with van der Waals surface area (Å²) in [5.41, 5.74) is 0.783. The van der Waals surface area contributed by atoms with Gasteiger partial charge in [-0.15, -0.1) is 11.8 Å². The van der Waals surface area contributed by atoms with Crippen molar-refractivity contribution in [1.29, 1.82) is 0 Å². The summed E-state index contributed by atoms with van der Waals surface area (Å²) in [5, 5.41) is 2.13. The second-order valence-electron chi connectivity index (χ2n) is 4.86. The molecular weight excluding hydrogens is 353 g/mol. The second-order valence-corrected chi connectivity index (χ2v) is 6.65. The number of hydrogen-bond donors (Lipinski definition) is 1. The molecular formula is C17H15ClFNO3S. The summed E-state index contributed by atoms with van der Waals surface area (Å²) >= 11 is 6.94. The Hall–Kier alpha value is -2.05. The first-order chi connectivity index (χ1) is 11.4. The van der Waals surface area contributed by atoms with Gasteiger partial charge in [-0.25, -0.2) is 4.39 Å². The zero-order valence-corrected chi connectivity index (χ0v) is 14.6. The third-order valence-electron chi connectivity index (χ3n) is 3.15. The lowest BCUT2D eigenvalue weighted by molar-refractivity contribution is -0.139. The fourth-order valence-electron chi connectivity index (χ4n) is 1.93. The molecule has 0 bridgehead atoms. The molecule has 1 unspecified atom stereocenters. The molecule has 0 aliphatic heterocycles. The summed E-state index contributed by atoms with van der Waals surface area (Å²) in [5.74, 6) is -1.31. The van der Waals surface area contributed by atoms with Crippen LogP contribution < -0.4 is 5.32 Å². The van der Waals surface area contributed by atoms with Gasteiger partial charge in [0.15, 0.2) is 0 Å². The standard InChI is InChI=1S/C17H15ClFNO3S/c1-10(17(22)23-2)24-15-6-4-3-5-12(15)16(21)20-11-7-8-14(19)13(18)9-11/h3-10H,1-2H3,(H,20,21). The maximum Gasteiger partial charge on any atom is 0.318 e. The van der Waals surface area contributed by atoms with Crippen LogP contribution in [0.15, 0.2) is 47.4 Å². The lowest BCUT2D eigenvalue weighted by atomic mass is 10.2. The van der Waals surface area contributed by atoms with E-state index in [1.807, 2.05) is 0 Å². The molecule has 0 saturated carbocycles. The molecule has 1 amide bonds. The van der Waals surface area contributed by atoms with Crippen molar-refractivity contribution < 1.29 is 18.7 Å². The highest BCUT2D eigenvalue weighted by atomic mass is 35.5. The number of methoxy groups -OCH3 is 1. The first kappa shape index (κ1) is 18.3. The fraction of sp³-hybridized carbons (Fsp3) is 0.176. The highest BCUT2D eigenvalue weighted by Gasteiger charge is 2.19. The Balaban J connectivity index is 2.20. The number of rotatable bonds is 5. The Kier molecular flexibility index (Phi) is 6.23. The van der Waals surface area contributed by atoms with E-state index in [0.29, 0.717) is 16.1 Å². The van der Waals surface area contributed by atoms with Crippen LogP contribution in [-0.4, -0.2) is 24.2 Å². The van der Waals surface area contributed by atoms with Gasteiger partial charge in [0, 0.05) is 10.6 Å². The minimum absolute atomic E-state index is 0.0743. The van der Waals surface area contributed by atoms with Crippen LogP contribution in [0.2, 0.25) is 5.02 Å². The summed E-state index contributed by atoms with van der Waals surface area (Å²) in [6.07, 6.45) is 0. The summed E-state index contributed by atoms with van der Waals surface area (Å²) in [6, 6.07) is 10.8. The Morgan fingerprint density at radius 3 is 2.62 bits per heavy atom. The molecule has 2 aromatic carbocycles. The van der Waals surface area contributed by atoms with Crippen molar-refractivity contribution in [2.24, 2.45) is 0 Å². The van der Waals surface area contributed by atoms with Crippen LogP contribution in [0.4, 0.5) is 10.1 Å². The summed E-state index contributed by atoms with van der Waals surface area (Å²) in [6.45, 7) is 1.70. The lowest BCUT2D eigenvalue weighted by Gasteiger charge is -2.13. The van der Waals surface area contributed by atoms with Crippen LogP contribution in [0.1, 0.15) is 17.3 Å². The third kappa shape index (κ3) is 4.49. The van der Waals surface area contributed by atoms with E-state index >= 15 is 0 Å². The molecule has 4 nitrogen and oxygen atoms in total. The quantitative estimate of drug-likeness (QED) is 0.629. The van der Waals surface area contributed by atoms with Gasteiger partial charge in [-0.05, 0) is 37.3 Å². The number of amides is 1. The number of nitrogens with one attached hydrogen (secondary N) is 1. The molecule has 0 aromatic heterocycles. The number of hydrogen-bond acceptors (Lipinski definition) is 4. The molecule has 126 valence electrons. The highest BCUT2D eigenvalue weighted by molar-refractivity contribution is 8.00. The average Bonchev–Trinajstić information content (AvgIpc) is 2.57. The average molecular weight is 368 g/mol. The van der Waals surface area contributed by atoms with E-state index in [4.69, 9.17) is 16.3 Å². The SMILES string of the molecule is COC(=O)C(C)Sc1ccccc1C(=O)Nc1ccc(F)c(Cl)c1. The van der Waals surface area contributed by atoms with Gasteiger partial charge in [-0.1, -0.05) is 23.7 Å². The van der Waals surface area contributed by atoms with Gasteiger partial charge in [0.2, 0.25) is 0 Å².